The van der Waals surface area contributed by atoms with Gasteiger partial charge in [0.1, 0.15) is 0 Å². The van der Waals surface area contributed by atoms with Gasteiger partial charge in [-0.25, -0.2) is 0 Å². The summed E-state index contributed by atoms with van der Waals surface area (Å²) in [5.41, 5.74) is 5.16. The summed E-state index contributed by atoms with van der Waals surface area (Å²) in [5.74, 6) is 0. The molecule has 0 amide bonds. The molecule has 2 aromatic carbocycles. The van der Waals surface area contributed by atoms with Crippen LogP contribution in [-0.2, 0) is 17.8 Å². The van der Waals surface area contributed by atoms with Crippen molar-refractivity contribution in [2.24, 2.45) is 0 Å². The number of hydrogen-bond donors (Lipinski definition) is 1. The molecular formula is C19H24N2O. The van der Waals surface area contributed by atoms with Gasteiger partial charge in [-0.3, -0.25) is 4.90 Å². The summed E-state index contributed by atoms with van der Waals surface area (Å²) in [5, 5.41) is 3.49. The average molecular weight is 296 g/mol. The van der Waals surface area contributed by atoms with Crippen LogP contribution in [0.3, 0.4) is 0 Å². The fourth-order valence-corrected chi connectivity index (χ4v) is 2.77. The van der Waals surface area contributed by atoms with E-state index in [1.54, 1.807) is 0 Å². The lowest BCUT2D eigenvalue weighted by atomic mass is 10.1. The molecule has 116 valence electrons. The second-order valence-corrected chi connectivity index (χ2v) is 5.93. The molecule has 0 atom stereocenters. The summed E-state index contributed by atoms with van der Waals surface area (Å²) in [6.07, 6.45) is 0. The molecule has 1 heterocycles. The van der Waals surface area contributed by atoms with Crippen LogP contribution in [0.1, 0.15) is 16.7 Å². The van der Waals surface area contributed by atoms with Crippen LogP contribution >= 0.6 is 0 Å². The lowest BCUT2D eigenvalue weighted by Crippen LogP contribution is -2.35. The lowest BCUT2D eigenvalue weighted by molar-refractivity contribution is 0.0342. The van der Waals surface area contributed by atoms with E-state index in [0.717, 1.165) is 39.4 Å². The van der Waals surface area contributed by atoms with Gasteiger partial charge in [0.05, 0.1) is 13.2 Å². The summed E-state index contributed by atoms with van der Waals surface area (Å²) >= 11 is 0. The van der Waals surface area contributed by atoms with Crippen LogP contribution in [0.4, 0.5) is 5.69 Å². The quantitative estimate of drug-likeness (QED) is 0.914. The Balaban J connectivity index is 1.52. The molecule has 1 aliphatic heterocycles. The Morgan fingerprint density at radius 2 is 1.77 bits per heavy atom. The Morgan fingerprint density at radius 1 is 1.00 bits per heavy atom. The van der Waals surface area contributed by atoms with Crippen molar-refractivity contribution in [2.45, 2.75) is 20.0 Å². The van der Waals surface area contributed by atoms with Crippen LogP contribution in [0, 0.1) is 6.92 Å². The number of ether oxygens (including phenoxy) is 1. The van der Waals surface area contributed by atoms with Crippen molar-refractivity contribution in [1.29, 1.82) is 0 Å². The van der Waals surface area contributed by atoms with Gasteiger partial charge < -0.3 is 10.1 Å². The molecule has 0 saturated carbocycles. The van der Waals surface area contributed by atoms with E-state index in [1.807, 2.05) is 0 Å². The zero-order valence-corrected chi connectivity index (χ0v) is 13.2. The minimum Gasteiger partial charge on any atom is -0.381 e. The van der Waals surface area contributed by atoms with Gasteiger partial charge in [-0.05, 0) is 30.2 Å². The summed E-state index contributed by atoms with van der Waals surface area (Å²) in [6.45, 7) is 7.79. The number of benzene rings is 2. The zero-order valence-electron chi connectivity index (χ0n) is 13.2. The first-order valence-electron chi connectivity index (χ1n) is 7.98. The Kier molecular flexibility index (Phi) is 5.09. The molecule has 1 N–H and O–H groups in total. The van der Waals surface area contributed by atoms with Crippen molar-refractivity contribution in [1.82, 2.24) is 4.90 Å². The third kappa shape index (κ3) is 4.33. The first-order chi connectivity index (χ1) is 10.8. The van der Waals surface area contributed by atoms with E-state index < -0.39 is 0 Å². The summed E-state index contributed by atoms with van der Waals surface area (Å²) in [6, 6.07) is 17.4. The van der Waals surface area contributed by atoms with Crippen LogP contribution in [0.5, 0.6) is 0 Å². The molecule has 3 heteroatoms. The van der Waals surface area contributed by atoms with Crippen LogP contribution in [0.15, 0.2) is 48.5 Å². The first-order valence-corrected chi connectivity index (χ1v) is 7.98. The molecule has 0 aromatic heterocycles. The number of anilines is 1. The Bertz CT molecular complexity index is 589. The minimum absolute atomic E-state index is 0.857. The summed E-state index contributed by atoms with van der Waals surface area (Å²) in [7, 11) is 0. The highest BCUT2D eigenvalue weighted by molar-refractivity contribution is 5.45. The molecule has 2 aromatic rings. The van der Waals surface area contributed by atoms with Gasteiger partial charge in [-0.1, -0.05) is 42.0 Å². The highest BCUT2D eigenvalue weighted by Gasteiger charge is 2.10. The van der Waals surface area contributed by atoms with E-state index in [9.17, 15) is 0 Å². The van der Waals surface area contributed by atoms with Crippen LogP contribution in [-0.4, -0.2) is 31.2 Å². The maximum absolute atomic E-state index is 5.39. The zero-order chi connectivity index (χ0) is 15.2. The smallest absolute Gasteiger partial charge is 0.0594 e. The molecule has 1 saturated heterocycles. The number of aryl methyl sites for hydroxylation is 1. The van der Waals surface area contributed by atoms with Gasteiger partial charge in [0, 0.05) is 31.9 Å². The number of morpholine rings is 1. The number of nitrogens with zero attached hydrogens (tertiary/aromatic N) is 1. The van der Waals surface area contributed by atoms with Crippen LogP contribution in [0.25, 0.3) is 0 Å². The Labute approximate surface area is 132 Å². The van der Waals surface area contributed by atoms with Crippen molar-refractivity contribution < 1.29 is 4.74 Å². The average Bonchev–Trinajstić information content (AvgIpc) is 2.55. The van der Waals surface area contributed by atoms with E-state index in [1.165, 1.54) is 22.4 Å². The van der Waals surface area contributed by atoms with Crippen molar-refractivity contribution in [3.05, 3.63) is 65.2 Å². The summed E-state index contributed by atoms with van der Waals surface area (Å²) < 4.78 is 5.39. The molecule has 0 unspecified atom stereocenters. The number of nitrogens with one attached hydrogen (secondary N) is 1. The largest absolute Gasteiger partial charge is 0.381 e. The van der Waals surface area contributed by atoms with Gasteiger partial charge in [-0.15, -0.1) is 0 Å². The van der Waals surface area contributed by atoms with Crippen LogP contribution < -0.4 is 5.32 Å². The van der Waals surface area contributed by atoms with Crippen molar-refractivity contribution in [3.8, 4) is 0 Å². The maximum atomic E-state index is 5.39. The topological polar surface area (TPSA) is 24.5 Å². The van der Waals surface area contributed by atoms with E-state index in [-0.39, 0.29) is 0 Å². The minimum atomic E-state index is 0.857. The van der Waals surface area contributed by atoms with Gasteiger partial charge >= 0.3 is 0 Å². The molecule has 0 radical (unpaired) electrons. The van der Waals surface area contributed by atoms with E-state index in [2.05, 4.69) is 65.7 Å². The Hall–Kier alpha value is -1.84. The second kappa shape index (κ2) is 7.43. The third-order valence-electron chi connectivity index (χ3n) is 4.04. The van der Waals surface area contributed by atoms with E-state index in [4.69, 9.17) is 4.74 Å². The lowest BCUT2D eigenvalue weighted by Gasteiger charge is -2.26. The summed E-state index contributed by atoms with van der Waals surface area (Å²) in [4.78, 5) is 2.44. The number of rotatable bonds is 5. The SMILES string of the molecule is Cc1cccc(CNc2ccc(CN3CCOCC3)cc2)c1. The highest BCUT2D eigenvalue weighted by atomic mass is 16.5. The first kappa shape index (κ1) is 15.1. The van der Waals surface area contributed by atoms with Gasteiger partial charge in [0.2, 0.25) is 0 Å². The van der Waals surface area contributed by atoms with Gasteiger partial charge in [-0.2, -0.15) is 0 Å². The second-order valence-electron chi connectivity index (χ2n) is 5.93. The predicted octanol–water partition coefficient (Wildman–Crippen LogP) is 3.44. The highest BCUT2D eigenvalue weighted by Crippen LogP contribution is 2.14. The van der Waals surface area contributed by atoms with Gasteiger partial charge in [0.25, 0.3) is 0 Å². The fraction of sp³-hybridized carbons (Fsp3) is 0.368. The molecule has 0 spiro atoms. The molecule has 0 bridgehead atoms. The molecule has 0 aliphatic carbocycles. The van der Waals surface area contributed by atoms with Crippen molar-refractivity contribution >= 4 is 5.69 Å². The fourth-order valence-electron chi connectivity index (χ4n) is 2.77. The molecule has 1 aliphatic rings. The monoisotopic (exact) mass is 296 g/mol. The molecule has 22 heavy (non-hydrogen) atoms. The van der Waals surface area contributed by atoms with Gasteiger partial charge in [0.15, 0.2) is 0 Å². The third-order valence-corrected chi connectivity index (χ3v) is 4.04. The van der Waals surface area contributed by atoms with E-state index >= 15 is 0 Å². The molecule has 3 rings (SSSR count). The van der Waals surface area contributed by atoms with E-state index in [0.29, 0.717) is 0 Å². The van der Waals surface area contributed by atoms with Crippen molar-refractivity contribution in [2.75, 3.05) is 31.6 Å². The standard InChI is InChI=1S/C19H24N2O/c1-16-3-2-4-18(13-16)14-20-19-7-5-17(6-8-19)15-21-9-11-22-12-10-21/h2-8,13,20H,9-12,14-15H2,1H3. The van der Waals surface area contributed by atoms with Crippen LogP contribution in [0.2, 0.25) is 0 Å². The normalized spacial score (nSPS) is 15.7. The molecular weight excluding hydrogens is 272 g/mol. The number of hydrogen-bond acceptors (Lipinski definition) is 3. The molecule has 1 fully saturated rings. The Morgan fingerprint density at radius 3 is 2.50 bits per heavy atom. The predicted molar refractivity (Wildman–Crippen MR) is 91.0 cm³/mol. The maximum Gasteiger partial charge on any atom is 0.0594 e. The van der Waals surface area contributed by atoms with Crippen molar-refractivity contribution in [3.63, 3.8) is 0 Å². The molecule has 3 nitrogen and oxygen atoms in total.